The second-order valence-electron chi connectivity index (χ2n) is 12.0. The monoisotopic (exact) mass is 584 g/mol. The van der Waals surface area contributed by atoms with E-state index in [0.717, 1.165) is 75.3 Å². The molecule has 0 aromatic heterocycles. The van der Waals surface area contributed by atoms with E-state index < -0.39 is 0 Å². The first-order valence-electron chi connectivity index (χ1n) is 15.8. The first kappa shape index (κ1) is 30.9. The Balaban J connectivity index is 1.39. The molecule has 0 unspecified atom stereocenters. The number of amides is 1. The summed E-state index contributed by atoms with van der Waals surface area (Å²) in [7, 11) is 3.33. The van der Waals surface area contributed by atoms with E-state index in [-0.39, 0.29) is 11.9 Å². The molecule has 1 saturated heterocycles. The van der Waals surface area contributed by atoms with Crippen molar-refractivity contribution in [1.82, 2.24) is 14.7 Å². The van der Waals surface area contributed by atoms with Crippen LogP contribution in [0.15, 0.2) is 66.7 Å². The van der Waals surface area contributed by atoms with Crippen molar-refractivity contribution in [3.8, 4) is 11.5 Å². The molecule has 0 N–H and O–H groups in total. The van der Waals surface area contributed by atoms with Crippen molar-refractivity contribution in [1.29, 1.82) is 0 Å². The lowest BCUT2D eigenvalue weighted by molar-refractivity contribution is 0.0683. The van der Waals surface area contributed by atoms with Gasteiger partial charge < -0.3 is 24.2 Å². The highest BCUT2D eigenvalue weighted by atomic mass is 16.5. The van der Waals surface area contributed by atoms with Gasteiger partial charge in [-0.05, 0) is 75.2 Å². The Morgan fingerprint density at radius 3 is 2.30 bits per heavy atom. The number of benzene rings is 3. The summed E-state index contributed by atoms with van der Waals surface area (Å²) in [6, 6.07) is 23.4. The molecule has 43 heavy (non-hydrogen) atoms. The zero-order valence-electron chi connectivity index (χ0n) is 26.6. The van der Waals surface area contributed by atoms with Crippen LogP contribution in [-0.2, 0) is 13.1 Å². The maximum Gasteiger partial charge on any atom is 0.255 e. The van der Waals surface area contributed by atoms with Crippen LogP contribution in [-0.4, -0.2) is 80.1 Å². The first-order chi connectivity index (χ1) is 20.9. The first-order valence-corrected chi connectivity index (χ1v) is 15.8. The summed E-state index contributed by atoms with van der Waals surface area (Å²) in [5, 5.41) is 0. The maximum atomic E-state index is 14.1. The summed E-state index contributed by atoms with van der Waals surface area (Å²) < 4.78 is 11.2. The molecule has 5 rings (SSSR count). The van der Waals surface area contributed by atoms with E-state index in [2.05, 4.69) is 95.0 Å². The van der Waals surface area contributed by atoms with Crippen LogP contribution in [0.25, 0.3) is 0 Å². The summed E-state index contributed by atoms with van der Waals surface area (Å²) in [5.74, 6) is 1.51. The maximum absolute atomic E-state index is 14.1. The molecule has 7 heteroatoms. The summed E-state index contributed by atoms with van der Waals surface area (Å²) in [6.45, 7) is 14.4. The molecule has 0 aliphatic carbocycles. The van der Waals surface area contributed by atoms with E-state index in [1.165, 1.54) is 11.3 Å². The van der Waals surface area contributed by atoms with Crippen molar-refractivity contribution in [2.24, 2.45) is 0 Å². The third kappa shape index (κ3) is 7.00. The SMILES string of the molecule is CCN1CCN(c2cccc3c2CN([C@H](CCCN(Cc2ccccc2)C(C)C)c2ccc(OC)c(OC)c2)C3=O)CC1. The van der Waals surface area contributed by atoms with Gasteiger partial charge >= 0.3 is 0 Å². The minimum atomic E-state index is -0.0739. The predicted molar refractivity (Wildman–Crippen MR) is 174 cm³/mol. The van der Waals surface area contributed by atoms with Crippen LogP contribution >= 0.6 is 0 Å². The highest BCUT2D eigenvalue weighted by molar-refractivity contribution is 6.00. The van der Waals surface area contributed by atoms with Crippen molar-refractivity contribution in [2.75, 3.05) is 58.4 Å². The fourth-order valence-corrected chi connectivity index (χ4v) is 6.58. The summed E-state index contributed by atoms with van der Waals surface area (Å²) in [4.78, 5) is 23.7. The van der Waals surface area contributed by atoms with Crippen molar-refractivity contribution in [2.45, 2.75) is 58.8 Å². The van der Waals surface area contributed by atoms with Gasteiger partial charge in [0.25, 0.3) is 5.91 Å². The molecule has 3 aromatic rings. The average molecular weight is 585 g/mol. The Kier molecular flexibility index (Phi) is 10.3. The molecule has 1 atom stereocenters. The molecular formula is C36H48N4O3. The number of methoxy groups -OCH3 is 2. The molecule has 3 aromatic carbocycles. The number of hydrogen-bond acceptors (Lipinski definition) is 6. The van der Waals surface area contributed by atoms with Gasteiger partial charge in [0.2, 0.25) is 0 Å². The molecule has 1 fully saturated rings. The highest BCUT2D eigenvalue weighted by Gasteiger charge is 2.36. The molecule has 0 saturated carbocycles. The van der Waals surface area contributed by atoms with Crippen molar-refractivity contribution >= 4 is 11.6 Å². The molecule has 0 spiro atoms. The third-order valence-electron chi connectivity index (χ3n) is 9.18. The molecule has 0 radical (unpaired) electrons. The number of rotatable bonds is 13. The number of likely N-dealkylation sites (N-methyl/N-ethyl adjacent to an activating group) is 1. The fourth-order valence-electron chi connectivity index (χ4n) is 6.58. The lowest BCUT2D eigenvalue weighted by Crippen LogP contribution is -2.46. The van der Waals surface area contributed by atoms with Gasteiger partial charge in [0.1, 0.15) is 0 Å². The van der Waals surface area contributed by atoms with Crippen molar-refractivity contribution in [3.63, 3.8) is 0 Å². The lowest BCUT2D eigenvalue weighted by atomic mass is 9.99. The fraction of sp³-hybridized carbons (Fsp3) is 0.472. The number of nitrogens with zero attached hydrogens (tertiary/aromatic N) is 4. The number of ether oxygens (including phenoxy) is 2. The summed E-state index contributed by atoms with van der Waals surface area (Å²) >= 11 is 0. The summed E-state index contributed by atoms with van der Waals surface area (Å²) in [5.41, 5.74) is 5.62. The largest absolute Gasteiger partial charge is 0.493 e. The van der Waals surface area contributed by atoms with E-state index in [1.54, 1.807) is 14.2 Å². The molecule has 2 aliphatic heterocycles. The number of anilines is 1. The lowest BCUT2D eigenvalue weighted by Gasteiger charge is -2.36. The Morgan fingerprint density at radius 2 is 1.63 bits per heavy atom. The molecule has 1 amide bonds. The van der Waals surface area contributed by atoms with Crippen molar-refractivity contribution in [3.05, 3.63) is 89.0 Å². The molecular weight excluding hydrogens is 536 g/mol. The molecule has 0 bridgehead atoms. The highest BCUT2D eigenvalue weighted by Crippen LogP contribution is 2.40. The number of piperazine rings is 1. The Morgan fingerprint density at radius 1 is 0.884 bits per heavy atom. The minimum Gasteiger partial charge on any atom is -0.493 e. The number of hydrogen-bond donors (Lipinski definition) is 0. The van der Waals surface area contributed by atoms with Gasteiger partial charge in [-0.1, -0.05) is 49.4 Å². The average Bonchev–Trinajstić information content (AvgIpc) is 3.38. The number of fused-ring (bicyclic) bond motifs is 1. The van der Waals surface area contributed by atoms with Crippen LogP contribution in [0.4, 0.5) is 5.69 Å². The van der Waals surface area contributed by atoms with Gasteiger partial charge in [0, 0.05) is 62.1 Å². The Hall–Kier alpha value is -3.55. The third-order valence-corrected chi connectivity index (χ3v) is 9.18. The topological polar surface area (TPSA) is 48.5 Å². The van der Waals surface area contributed by atoms with Crippen LogP contribution in [0.3, 0.4) is 0 Å². The van der Waals surface area contributed by atoms with E-state index >= 15 is 0 Å². The van der Waals surface area contributed by atoms with Crippen LogP contribution in [0.2, 0.25) is 0 Å². The van der Waals surface area contributed by atoms with Gasteiger partial charge in [-0.2, -0.15) is 0 Å². The smallest absolute Gasteiger partial charge is 0.255 e. The predicted octanol–water partition coefficient (Wildman–Crippen LogP) is 6.23. The van der Waals surface area contributed by atoms with E-state index in [9.17, 15) is 4.79 Å². The zero-order valence-corrected chi connectivity index (χ0v) is 26.6. The van der Waals surface area contributed by atoms with Gasteiger partial charge in [-0.15, -0.1) is 0 Å². The number of carbonyl (C=O) groups excluding carboxylic acids is 1. The van der Waals surface area contributed by atoms with E-state index in [0.29, 0.717) is 24.1 Å². The van der Waals surface area contributed by atoms with Gasteiger partial charge in [-0.25, -0.2) is 0 Å². The van der Waals surface area contributed by atoms with Crippen molar-refractivity contribution < 1.29 is 14.3 Å². The van der Waals surface area contributed by atoms with Gasteiger partial charge in [-0.3, -0.25) is 9.69 Å². The minimum absolute atomic E-state index is 0.0739. The van der Waals surface area contributed by atoms with E-state index in [4.69, 9.17) is 9.47 Å². The zero-order chi connectivity index (χ0) is 30.3. The molecule has 2 aliphatic rings. The van der Waals surface area contributed by atoms with Crippen LogP contribution in [0.5, 0.6) is 11.5 Å². The van der Waals surface area contributed by atoms with E-state index in [1.807, 2.05) is 12.1 Å². The van der Waals surface area contributed by atoms with Crippen LogP contribution in [0, 0.1) is 0 Å². The van der Waals surface area contributed by atoms with Gasteiger partial charge in [0.05, 0.1) is 20.3 Å². The molecule has 7 nitrogen and oxygen atoms in total. The van der Waals surface area contributed by atoms with Crippen LogP contribution < -0.4 is 14.4 Å². The Labute approximate surface area is 258 Å². The Bertz CT molecular complexity index is 1350. The summed E-state index contributed by atoms with van der Waals surface area (Å²) in [6.07, 6.45) is 1.83. The standard InChI is InChI=1S/C36H48N4O3/c1-6-37-20-22-38(23-21-37)33-15-10-14-30-31(33)26-40(36(30)41)32(29-17-18-34(42-4)35(24-29)43-5)16-11-19-39(27(2)3)25-28-12-8-7-9-13-28/h7-10,12-15,17-18,24,27,32H,6,11,16,19-23,25-26H2,1-5H3/t32-/m1/s1. The quantitative estimate of drug-likeness (QED) is 0.237. The van der Waals surface area contributed by atoms with Gasteiger partial charge in [0.15, 0.2) is 11.5 Å². The second kappa shape index (κ2) is 14.3. The second-order valence-corrected chi connectivity index (χ2v) is 12.0. The van der Waals surface area contributed by atoms with Crippen LogP contribution in [0.1, 0.15) is 66.7 Å². The normalized spacial score (nSPS) is 16.2. The molecule has 2 heterocycles. The molecule has 230 valence electrons. The number of carbonyl (C=O) groups is 1.